The second-order valence-electron chi connectivity index (χ2n) is 10.1. The summed E-state index contributed by atoms with van der Waals surface area (Å²) in [5.41, 5.74) is 0.534. The lowest BCUT2D eigenvalue weighted by Crippen LogP contribution is -2.25. The molecule has 0 atom stereocenters. The maximum atomic E-state index is 14.9. The van der Waals surface area contributed by atoms with Gasteiger partial charge in [0.15, 0.2) is 11.6 Å². The highest BCUT2D eigenvalue weighted by molar-refractivity contribution is 5.34. The summed E-state index contributed by atoms with van der Waals surface area (Å²) in [4.78, 5) is 0. The number of unbranched alkanes of at least 4 members (excludes halogenated alkanes) is 2. The van der Waals surface area contributed by atoms with Crippen LogP contribution in [0.25, 0.3) is 0 Å². The van der Waals surface area contributed by atoms with E-state index in [0.717, 1.165) is 62.7 Å². The van der Waals surface area contributed by atoms with Crippen LogP contribution in [0.5, 0.6) is 5.75 Å². The van der Waals surface area contributed by atoms with Crippen molar-refractivity contribution < 1.29 is 13.5 Å². The lowest BCUT2D eigenvalue weighted by molar-refractivity contribution is 0.156. The largest absolute Gasteiger partial charge is 0.459 e. The Morgan fingerprint density at radius 2 is 1.52 bits per heavy atom. The van der Waals surface area contributed by atoms with Gasteiger partial charge in [0, 0.05) is 6.42 Å². The molecule has 0 saturated heterocycles. The zero-order chi connectivity index (χ0) is 22.2. The minimum Gasteiger partial charge on any atom is -0.459 e. The standard InChI is InChI=1S/C28H42F2O/c1-4-6-7-9-20(3)31-26-19-18-25(27(29)28(26)30)24-16-14-23(15-17-24)22-12-10-21(8-5-2)11-13-22/h18-19,21-24H,3-17H2,1-2H3. The maximum absolute atomic E-state index is 14.9. The predicted molar refractivity (Wildman–Crippen MR) is 125 cm³/mol. The van der Waals surface area contributed by atoms with Crippen molar-refractivity contribution in [3.63, 3.8) is 0 Å². The first-order valence-electron chi connectivity index (χ1n) is 12.9. The molecule has 2 aliphatic carbocycles. The molecule has 0 spiro atoms. The van der Waals surface area contributed by atoms with Crippen molar-refractivity contribution >= 4 is 0 Å². The summed E-state index contributed by atoms with van der Waals surface area (Å²) in [7, 11) is 0. The van der Waals surface area contributed by atoms with Gasteiger partial charge >= 0.3 is 0 Å². The van der Waals surface area contributed by atoms with Crippen molar-refractivity contribution in [1.29, 1.82) is 0 Å². The summed E-state index contributed by atoms with van der Waals surface area (Å²) in [5.74, 6) is 1.61. The molecule has 3 rings (SSSR count). The van der Waals surface area contributed by atoms with Crippen LogP contribution in [0.1, 0.15) is 115 Å². The summed E-state index contributed by atoms with van der Waals surface area (Å²) in [6.45, 7) is 8.28. The molecule has 1 aromatic carbocycles. The molecule has 31 heavy (non-hydrogen) atoms. The fraction of sp³-hybridized carbons (Fsp3) is 0.714. The van der Waals surface area contributed by atoms with Crippen LogP contribution < -0.4 is 4.74 Å². The average molecular weight is 433 g/mol. The first-order chi connectivity index (χ1) is 15.0. The smallest absolute Gasteiger partial charge is 0.201 e. The molecule has 0 heterocycles. The van der Waals surface area contributed by atoms with Gasteiger partial charge in [0.05, 0.1) is 5.76 Å². The van der Waals surface area contributed by atoms with Crippen LogP contribution in [0, 0.1) is 29.4 Å². The van der Waals surface area contributed by atoms with Gasteiger partial charge in [0.2, 0.25) is 5.82 Å². The highest BCUT2D eigenvalue weighted by Gasteiger charge is 2.32. The number of allylic oxidation sites excluding steroid dienone is 1. The first-order valence-corrected chi connectivity index (χ1v) is 12.9. The molecule has 2 saturated carbocycles. The van der Waals surface area contributed by atoms with Crippen molar-refractivity contribution in [2.45, 2.75) is 110 Å². The molecule has 0 N–H and O–H groups in total. The van der Waals surface area contributed by atoms with E-state index in [-0.39, 0.29) is 11.7 Å². The Labute approximate surface area is 188 Å². The van der Waals surface area contributed by atoms with Gasteiger partial charge in [-0.15, -0.1) is 0 Å². The minimum atomic E-state index is -0.856. The van der Waals surface area contributed by atoms with Gasteiger partial charge in [-0.25, -0.2) is 4.39 Å². The van der Waals surface area contributed by atoms with Gasteiger partial charge in [0.1, 0.15) is 0 Å². The highest BCUT2D eigenvalue weighted by Crippen LogP contribution is 2.45. The predicted octanol–water partition coefficient (Wildman–Crippen LogP) is 9.32. The van der Waals surface area contributed by atoms with Crippen molar-refractivity contribution in [2.24, 2.45) is 17.8 Å². The lowest BCUT2D eigenvalue weighted by atomic mass is 9.68. The van der Waals surface area contributed by atoms with Gasteiger partial charge in [-0.05, 0) is 80.2 Å². The van der Waals surface area contributed by atoms with Crippen LogP contribution >= 0.6 is 0 Å². The van der Waals surface area contributed by atoms with Crippen molar-refractivity contribution in [2.75, 3.05) is 0 Å². The fourth-order valence-corrected chi connectivity index (χ4v) is 5.98. The van der Waals surface area contributed by atoms with E-state index in [0.29, 0.717) is 17.7 Å². The SMILES string of the molecule is C=C(CCCCC)Oc1ccc(C2CCC(C3CCC(CCC)CC3)CC2)c(F)c1F. The van der Waals surface area contributed by atoms with E-state index in [1.165, 1.54) is 38.5 Å². The van der Waals surface area contributed by atoms with Crippen molar-refractivity contribution in [1.82, 2.24) is 0 Å². The Morgan fingerprint density at radius 3 is 2.13 bits per heavy atom. The van der Waals surface area contributed by atoms with E-state index in [2.05, 4.69) is 20.4 Å². The monoisotopic (exact) mass is 432 g/mol. The Morgan fingerprint density at radius 1 is 0.871 bits per heavy atom. The van der Waals surface area contributed by atoms with Gasteiger partial charge in [-0.1, -0.05) is 65.0 Å². The number of rotatable bonds is 10. The van der Waals surface area contributed by atoms with E-state index in [1.54, 1.807) is 12.1 Å². The summed E-state index contributed by atoms with van der Waals surface area (Å²) in [6, 6.07) is 3.34. The molecule has 1 aromatic rings. The van der Waals surface area contributed by atoms with E-state index in [9.17, 15) is 8.78 Å². The normalized spacial score (nSPS) is 26.6. The van der Waals surface area contributed by atoms with Gasteiger partial charge in [-0.2, -0.15) is 4.39 Å². The van der Waals surface area contributed by atoms with Crippen LogP contribution in [0.4, 0.5) is 8.78 Å². The third-order valence-corrected chi connectivity index (χ3v) is 7.86. The molecule has 0 radical (unpaired) electrons. The Kier molecular flexibility index (Phi) is 9.41. The summed E-state index contributed by atoms with van der Waals surface area (Å²) in [6.07, 6.45) is 16.3. The van der Waals surface area contributed by atoms with Crippen LogP contribution in [-0.2, 0) is 0 Å². The maximum Gasteiger partial charge on any atom is 0.201 e. The summed E-state index contributed by atoms with van der Waals surface area (Å²) >= 11 is 0. The summed E-state index contributed by atoms with van der Waals surface area (Å²) in [5, 5.41) is 0. The molecule has 0 unspecified atom stereocenters. The summed E-state index contributed by atoms with van der Waals surface area (Å²) < 4.78 is 35.1. The van der Waals surface area contributed by atoms with Crippen molar-refractivity contribution in [3.05, 3.63) is 41.7 Å². The third kappa shape index (κ3) is 6.56. The molecule has 2 fully saturated rings. The zero-order valence-electron chi connectivity index (χ0n) is 19.7. The number of halogens is 2. The second kappa shape index (κ2) is 12.0. The van der Waals surface area contributed by atoms with E-state index in [4.69, 9.17) is 4.74 Å². The third-order valence-electron chi connectivity index (χ3n) is 7.86. The van der Waals surface area contributed by atoms with Gasteiger partial charge in [-0.3, -0.25) is 0 Å². The molecule has 174 valence electrons. The second-order valence-corrected chi connectivity index (χ2v) is 10.1. The molecule has 2 aliphatic rings. The molecule has 0 amide bonds. The Hall–Kier alpha value is -1.38. The molecule has 1 nitrogen and oxygen atoms in total. The quantitative estimate of drug-likeness (QED) is 0.264. The number of hydrogen-bond acceptors (Lipinski definition) is 1. The average Bonchev–Trinajstić information content (AvgIpc) is 2.78. The first kappa shape index (κ1) is 24.3. The Bertz CT molecular complexity index is 697. The molecular formula is C28H42F2O. The molecular weight excluding hydrogens is 390 g/mol. The molecule has 0 bridgehead atoms. The van der Waals surface area contributed by atoms with Crippen LogP contribution in [-0.4, -0.2) is 0 Å². The molecule has 3 heteroatoms. The van der Waals surface area contributed by atoms with E-state index >= 15 is 0 Å². The molecule has 0 aromatic heterocycles. The van der Waals surface area contributed by atoms with Gasteiger partial charge in [0.25, 0.3) is 0 Å². The number of benzene rings is 1. The molecule has 0 aliphatic heterocycles. The number of ether oxygens (including phenoxy) is 1. The Balaban J connectivity index is 1.52. The highest BCUT2D eigenvalue weighted by atomic mass is 19.2. The van der Waals surface area contributed by atoms with E-state index < -0.39 is 11.6 Å². The topological polar surface area (TPSA) is 9.23 Å². The minimum absolute atomic E-state index is 0.0275. The number of hydrogen-bond donors (Lipinski definition) is 0. The van der Waals surface area contributed by atoms with Crippen LogP contribution in [0.15, 0.2) is 24.5 Å². The van der Waals surface area contributed by atoms with Gasteiger partial charge < -0.3 is 4.74 Å². The van der Waals surface area contributed by atoms with Crippen molar-refractivity contribution in [3.8, 4) is 5.75 Å². The van der Waals surface area contributed by atoms with Crippen LogP contribution in [0.3, 0.4) is 0 Å². The zero-order valence-corrected chi connectivity index (χ0v) is 19.7. The lowest BCUT2D eigenvalue weighted by Gasteiger charge is -2.38. The van der Waals surface area contributed by atoms with E-state index in [1.807, 2.05) is 0 Å². The van der Waals surface area contributed by atoms with Crippen LogP contribution in [0.2, 0.25) is 0 Å². The fourth-order valence-electron chi connectivity index (χ4n) is 5.98.